The molecular formula is C68H43B2NO4. The van der Waals surface area contributed by atoms with Crippen LogP contribution in [0.4, 0.5) is 0 Å². The second kappa shape index (κ2) is 16.0. The molecule has 0 amide bonds. The van der Waals surface area contributed by atoms with Gasteiger partial charge in [0, 0.05) is 38.5 Å². The lowest BCUT2D eigenvalue weighted by Gasteiger charge is -2.33. The van der Waals surface area contributed by atoms with Gasteiger partial charge in [-0.1, -0.05) is 127 Å². The van der Waals surface area contributed by atoms with Crippen LogP contribution in [0.3, 0.4) is 0 Å². The summed E-state index contributed by atoms with van der Waals surface area (Å²) in [6.07, 6.45) is 0. The topological polar surface area (TPSA) is 41.9 Å². The number of para-hydroxylation sites is 5. The third kappa shape index (κ3) is 6.41. The van der Waals surface area contributed by atoms with Crippen molar-refractivity contribution in [2.24, 2.45) is 0 Å². The van der Waals surface area contributed by atoms with E-state index < -0.39 is 0 Å². The molecule has 0 radical (unpaired) electrons. The van der Waals surface area contributed by atoms with Crippen LogP contribution in [-0.4, -0.2) is 18.0 Å². The summed E-state index contributed by atoms with van der Waals surface area (Å²) in [5.74, 6) is 6.82. The van der Waals surface area contributed by atoms with E-state index in [1.807, 2.05) is 24.3 Å². The first-order valence-corrected chi connectivity index (χ1v) is 25.8. The molecule has 4 aliphatic rings. The summed E-state index contributed by atoms with van der Waals surface area (Å²) < 4.78 is 29.5. The predicted octanol–water partition coefficient (Wildman–Crippen LogP) is 13.5. The first-order chi connectivity index (χ1) is 37.0. The summed E-state index contributed by atoms with van der Waals surface area (Å²) in [5.41, 5.74) is 21.3. The Labute approximate surface area is 435 Å². The van der Waals surface area contributed by atoms with Crippen molar-refractivity contribution in [3.8, 4) is 96.2 Å². The van der Waals surface area contributed by atoms with Crippen LogP contribution >= 0.6 is 0 Å². The van der Waals surface area contributed by atoms with E-state index in [-0.39, 0.29) is 13.4 Å². The van der Waals surface area contributed by atoms with Crippen molar-refractivity contribution >= 4 is 68.0 Å². The van der Waals surface area contributed by atoms with Crippen molar-refractivity contribution in [1.29, 1.82) is 0 Å². The number of ether oxygens (including phenoxy) is 4. The van der Waals surface area contributed by atoms with Crippen LogP contribution in [0.25, 0.3) is 72.0 Å². The van der Waals surface area contributed by atoms with Gasteiger partial charge in [0.25, 0.3) is 13.4 Å². The molecule has 0 spiro atoms. The van der Waals surface area contributed by atoms with Gasteiger partial charge in [-0.05, 0) is 177 Å². The van der Waals surface area contributed by atoms with Crippen LogP contribution < -0.4 is 51.7 Å². The zero-order valence-corrected chi connectivity index (χ0v) is 41.1. The molecule has 1 aromatic heterocycles. The average Bonchev–Trinajstić information content (AvgIpc) is 3.86. The predicted molar refractivity (Wildman–Crippen MR) is 307 cm³/mol. The fourth-order valence-corrected chi connectivity index (χ4v) is 12.7. The Morgan fingerprint density at radius 1 is 0.293 bits per heavy atom. The molecule has 4 aliphatic heterocycles. The summed E-state index contributed by atoms with van der Waals surface area (Å²) in [6.45, 7) is 4.47. The SMILES string of the molecule is Cc1cc(-c2cccc(-c3cc4c5c(c3)Oc3ccccc3B5c3ccccc3O4)c2)c2c(c1)c1cc(C)cc(-c3cccc(-c4cc5c6c(c4)Oc4ccccc4B6c4ccccc4O5)c3)c1n2-c1ccccc1. The Morgan fingerprint density at radius 3 is 1.03 bits per heavy atom. The van der Waals surface area contributed by atoms with Crippen molar-refractivity contribution in [1.82, 2.24) is 4.57 Å². The molecule has 0 saturated heterocycles. The van der Waals surface area contributed by atoms with Crippen molar-refractivity contribution < 1.29 is 18.9 Å². The zero-order valence-electron chi connectivity index (χ0n) is 41.1. The van der Waals surface area contributed by atoms with Crippen LogP contribution in [0.1, 0.15) is 11.1 Å². The highest BCUT2D eigenvalue weighted by atomic mass is 16.5. The van der Waals surface area contributed by atoms with Gasteiger partial charge in [0.2, 0.25) is 0 Å². The molecule has 16 rings (SSSR count). The van der Waals surface area contributed by atoms with Crippen LogP contribution in [-0.2, 0) is 0 Å². The first-order valence-electron chi connectivity index (χ1n) is 25.8. The number of aromatic nitrogens is 1. The molecule has 5 heterocycles. The van der Waals surface area contributed by atoms with E-state index in [0.29, 0.717) is 0 Å². The molecule has 0 bridgehead atoms. The summed E-state index contributed by atoms with van der Waals surface area (Å²) in [4.78, 5) is 0. The van der Waals surface area contributed by atoms with E-state index >= 15 is 0 Å². The van der Waals surface area contributed by atoms with Gasteiger partial charge >= 0.3 is 0 Å². The Kier molecular flexibility index (Phi) is 8.99. The van der Waals surface area contributed by atoms with Gasteiger partial charge in [-0.15, -0.1) is 0 Å². The maximum Gasteiger partial charge on any atom is 0.260 e. The maximum absolute atomic E-state index is 6.75. The van der Waals surface area contributed by atoms with Gasteiger partial charge in [0.15, 0.2) is 0 Å². The molecule has 0 unspecified atom stereocenters. The van der Waals surface area contributed by atoms with Crippen LogP contribution in [0.5, 0.6) is 46.0 Å². The van der Waals surface area contributed by atoms with Crippen molar-refractivity contribution in [2.45, 2.75) is 13.8 Å². The maximum atomic E-state index is 6.75. The minimum atomic E-state index is 0.0206. The number of hydrogen-bond acceptors (Lipinski definition) is 4. The Bertz CT molecular complexity index is 4020. The Balaban J connectivity index is 0.858. The van der Waals surface area contributed by atoms with Crippen molar-refractivity contribution in [3.05, 3.63) is 236 Å². The third-order valence-electron chi connectivity index (χ3n) is 15.9. The Hall–Kier alpha value is -9.45. The minimum absolute atomic E-state index is 0.0206. The van der Waals surface area contributed by atoms with Gasteiger partial charge < -0.3 is 23.5 Å². The molecule has 5 nitrogen and oxygen atoms in total. The second-order valence-electron chi connectivity index (χ2n) is 20.4. The molecule has 0 fully saturated rings. The van der Waals surface area contributed by atoms with Crippen molar-refractivity contribution in [2.75, 3.05) is 0 Å². The van der Waals surface area contributed by atoms with E-state index in [2.05, 4.69) is 219 Å². The van der Waals surface area contributed by atoms with E-state index in [9.17, 15) is 0 Å². The molecule has 7 heteroatoms. The van der Waals surface area contributed by atoms with E-state index in [0.717, 1.165) is 140 Å². The average molecular weight is 960 g/mol. The van der Waals surface area contributed by atoms with Gasteiger partial charge in [-0.25, -0.2) is 0 Å². The highest BCUT2D eigenvalue weighted by Crippen LogP contribution is 2.46. The number of benzene rings is 11. The van der Waals surface area contributed by atoms with E-state index in [4.69, 9.17) is 18.9 Å². The summed E-state index contributed by atoms with van der Waals surface area (Å²) in [6, 6.07) is 80.5. The molecule has 75 heavy (non-hydrogen) atoms. The fraction of sp³-hybridized carbons (Fsp3) is 0.0294. The first kappa shape index (κ1) is 42.1. The van der Waals surface area contributed by atoms with Gasteiger partial charge in [0.05, 0.1) is 11.0 Å². The molecule has 0 atom stereocenters. The van der Waals surface area contributed by atoms with Crippen LogP contribution in [0, 0.1) is 13.8 Å². The summed E-state index contributed by atoms with van der Waals surface area (Å²) in [7, 11) is 0. The lowest BCUT2D eigenvalue weighted by atomic mass is 9.35. The van der Waals surface area contributed by atoms with Gasteiger partial charge in [0.1, 0.15) is 46.0 Å². The number of nitrogens with zero attached hydrogens (tertiary/aromatic N) is 1. The van der Waals surface area contributed by atoms with Gasteiger partial charge in [-0.2, -0.15) is 0 Å². The Morgan fingerprint density at radius 2 is 0.640 bits per heavy atom. The lowest BCUT2D eigenvalue weighted by molar-refractivity contribution is 0.464. The zero-order chi connectivity index (χ0) is 49.5. The molecule has 0 saturated carbocycles. The summed E-state index contributed by atoms with van der Waals surface area (Å²) >= 11 is 0. The molecule has 350 valence electrons. The number of aryl methyl sites for hydroxylation is 2. The molecule has 0 N–H and O–H groups in total. The van der Waals surface area contributed by atoms with E-state index in [1.54, 1.807) is 0 Å². The molecule has 0 aliphatic carbocycles. The van der Waals surface area contributed by atoms with Crippen LogP contribution in [0.15, 0.2) is 224 Å². The largest absolute Gasteiger partial charge is 0.458 e. The number of fused-ring (bicyclic) bond motifs is 11. The normalized spacial score (nSPS) is 13.0. The quantitative estimate of drug-likeness (QED) is 0.161. The third-order valence-corrected chi connectivity index (χ3v) is 15.9. The monoisotopic (exact) mass is 959 g/mol. The second-order valence-corrected chi connectivity index (χ2v) is 20.4. The number of rotatable bonds is 5. The molecule has 11 aromatic carbocycles. The van der Waals surface area contributed by atoms with Gasteiger partial charge in [-0.3, -0.25) is 0 Å². The molecule has 12 aromatic rings. The fourth-order valence-electron chi connectivity index (χ4n) is 12.7. The highest BCUT2D eigenvalue weighted by Gasteiger charge is 2.42. The summed E-state index contributed by atoms with van der Waals surface area (Å²) in [5, 5.41) is 2.41. The molecular weight excluding hydrogens is 916 g/mol. The van der Waals surface area contributed by atoms with Crippen molar-refractivity contribution in [3.63, 3.8) is 0 Å². The van der Waals surface area contributed by atoms with E-state index in [1.165, 1.54) is 21.9 Å². The number of hydrogen-bond donors (Lipinski definition) is 0. The standard InChI is InChI=1S/C68H43B2NO4/c1-40-30-49(44-18-14-16-42(34-44)46-36-61-65-62(37-46)73-58-27-11-7-23-54(58)69(65)53-22-6-10-26-57(53)72-61)67-51(32-40)52-33-41(2)31-50(68(52)71(67)48-20-4-3-5-21-48)45-19-15-17-43(35-45)47-38-63-66-64(39-47)75-60-29-13-9-25-56(60)70(66)55-24-8-12-28-59(55)74-63/h3-39H,1-2H3. The smallest absolute Gasteiger partial charge is 0.260 e. The highest BCUT2D eigenvalue weighted by molar-refractivity contribution is 6.99. The minimum Gasteiger partial charge on any atom is -0.458 e. The van der Waals surface area contributed by atoms with Crippen LogP contribution in [0.2, 0.25) is 0 Å². The lowest BCUT2D eigenvalue weighted by Crippen LogP contribution is -2.57.